The molecular formula is C42H34N4O4. The van der Waals surface area contributed by atoms with Crippen LogP contribution in [0.1, 0.15) is 65.1 Å². The van der Waals surface area contributed by atoms with E-state index < -0.39 is 23.9 Å². The van der Waals surface area contributed by atoms with Crippen LogP contribution in [0.4, 0.5) is 34.1 Å². The highest BCUT2D eigenvalue weighted by molar-refractivity contribution is 6.40. The molecule has 0 bridgehead atoms. The zero-order chi connectivity index (χ0) is 34.8. The number of hydrogen-bond donors (Lipinski definition) is 3. The van der Waals surface area contributed by atoms with Crippen LogP contribution < -0.4 is 20.4 Å². The van der Waals surface area contributed by atoms with Gasteiger partial charge in [0.1, 0.15) is 0 Å². The van der Waals surface area contributed by atoms with E-state index in [0.29, 0.717) is 39.1 Å². The van der Waals surface area contributed by atoms with Crippen LogP contribution in [0.15, 0.2) is 109 Å². The summed E-state index contributed by atoms with van der Waals surface area (Å²) in [6.07, 6.45) is -1.41. The van der Waals surface area contributed by atoms with E-state index in [2.05, 4.69) is 10.6 Å². The summed E-state index contributed by atoms with van der Waals surface area (Å²) in [6, 6.07) is 33.6. The van der Waals surface area contributed by atoms with Crippen molar-refractivity contribution in [3.05, 3.63) is 154 Å². The third kappa shape index (κ3) is 5.00. The Morgan fingerprint density at radius 2 is 1.04 bits per heavy atom. The number of carbonyl (C=O) groups is 3. The van der Waals surface area contributed by atoms with E-state index in [1.54, 1.807) is 30.3 Å². The van der Waals surface area contributed by atoms with Crippen LogP contribution in [0.5, 0.6) is 0 Å². The van der Waals surface area contributed by atoms with E-state index >= 15 is 0 Å². The lowest BCUT2D eigenvalue weighted by molar-refractivity contribution is 0.0867. The fraction of sp³-hybridized carbons (Fsp3) is 0.119. The SMILES string of the molecule is Cc1cccc(Nc2cc3c4c(c(Nc5cccc(C)c5)cc5c4c2C(=O)N(c2cccc(C)c2)C5=O)C(=O)N(c2cccc(C)c2)[C@H]3O)c1. The topological polar surface area (TPSA) is 102 Å². The normalized spacial score (nSPS) is 15.1. The molecule has 0 spiro atoms. The predicted molar refractivity (Wildman–Crippen MR) is 198 cm³/mol. The molecule has 0 saturated heterocycles. The Kier molecular flexibility index (Phi) is 7.27. The summed E-state index contributed by atoms with van der Waals surface area (Å²) < 4.78 is 0. The monoisotopic (exact) mass is 658 g/mol. The van der Waals surface area contributed by atoms with Gasteiger partial charge in [-0.3, -0.25) is 19.3 Å². The molecule has 3 amide bonds. The second-order valence-corrected chi connectivity index (χ2v) is 13.1. The van der Waals surface area contributed by atoms with Crippen LogP contribution in [-0.2, 0) is 0 Å². The Hall–Kier alpha value is -6.25. The van der Waals surface area contributed by atoms with Gasteiger partial charge in [0, 0.05) is 33.4 Å². The molecule has 2 heterocycles. The number of amides is 3. The number of nitrogens with zero attached hydrogens (tertiary/aromatic N) is 2. The first-order valence-electron chi connectivity index (χ1n) is 16.5. The summed E-state index contributed by atoms with van der Waals surface area (Å²) in [6.45, 7) is 7.78. The Morgan fingerprint density at radius 1 is 0.540 bits per heavy atom. The van der Waals surface area contributed by atoms with Gasteiger partial charge >= 0.3 is 0 Å². The maximum absolute atomic E-state index is 14.8. The van der Waals surface area contributed by atoms with Gasteiger partial charge in [0.2, 0.25) is 0 Å². The number of aliphatic hydroxyl groups excluding tert-OH is 1. The largest absolute Gasteiger partial charge is 0.369 e. The number of carbonyl (C=O) groups excluding carboxylic acids is 3. The van der Waals surface area contributed by atoms with Crippen molar-refractivity contribution >= 4 is 62.6 Å². The zero-order valence-electron chi connectivity index (χ0n) is 28.0. The van der Waals surface area contributed by atoms with Crippen molar-refractivity contribution in [1.82, 2.24) is 0 Å². The Labute approximate surface area is 289 Å². The number of anilines is 6. The fourth-order valence-corrected chi connectivity index (χ4v) is 7.17. The molecule has 0 unspecified atom stereocenters. The second-order valence-electron chi connectivity index (χ2n) is 13.1. The van der Waals surface area contributed by atoms with Crippen molar-refractivity contribution in [2.24, 2.45) is 0 Å². The molecule has 1 atom stereocenters. The summed E-state index contributed by atoms with van der Waals surface area (Å²) in [5.41, 5.74) is 8.22. The van der Waals surface area contributed by atoms with E-state index in [1.807, 2.05) is 107 Å². The molecule has 2 aliphatic heterocycles. The van der Waals surface area contributed by atoms with Crippen molar-refractivity contribution in [2.45, 2.75) is 33.9 Å². The number of imide groups is 1. The van der Waals surface area contributed by atoms with Gasteiger partial charge in [-0.05, 0) is 111 Å². The predicted octanol–water partition coefficient (Wildman–Crippen LogP) is 9.01. The molecule has 0 radical (unpaired) electrons. The summed E-state index contributed by atoms with van der Waals surface area (Å²) >= 11 is 0. The van der Waals surface area contributed by atoms with Gasteiger partial charge in [0.15, 0.2) is 6.23 Å². The van der Waals surface area contributed by atoms with Crippen LogP contribution in [0.2, 0.25) is 0 Å². The van der Waals surface area contributed by atoms with E-state index in [4.69, 9.17) is 0 Å². The average molecular weight is 659 g/mol. The molecule has 246 valence electrons. The highest BCUT2D eigenvalue weighted by atomic mass is 16.3. The van der Waals surface area contributed by atoms with E-state index in [1.165, 1.54) is 9.80 Å². The van der Waals surface area contributed by atoms with Gasteiger partial charge in [-0.25, -0.2) is 4.90 Å². The third-order valence-electron chi connectivity index (χ3n) is 9.37. The van der Waals surface area contributed by atoms with Gasteiger partial charge in [-0.15, -0.1) is 0 Å². The summed E-state index contributed by atoms with van der Waals surface area (Å²) in [5, 5.41) is 19.7. The Balaban J connectivity index is 1.46. The standard InChI is InChI=1S/C42H34N4O4/c1-23-9-5-13-27(17-23)43-33-21-31-36-35-32(40(48)45(41(49)37(33)35)29-15-7-11-25(3)19-29)22-34(44-28-14-6-10-24(2)18-28)38(36)42(50)46(39(31)47)30-16-8-12-26(4)20-30/h5-22,39,43-44,47H,1-4H3/t39-/m0/s1. The molecule has 3 N–H and O–H groups in total. The fourth-order valence-electron chi connectivity index (χ4n) is 7.17. The molecule has 8 rings (SSSR count). The van der Waals surface area contributed by atoms with Crippen molar-refractivity contribution in [2.75, 3.05) is 20.4 Å². The van der Waals surface area contributed by atoms with Crippen LogP contribution in [0.3, 0.4) is 0 Å². The maximum Gasteiger partial charge on any atom is 0.268 e. The summed E-state index contributed by atoms with van der Waals surface area (Å²) in [4.78, 5) is 46.7. The summed E-state index contributed by atoms with van der Waals surface area (Å²) in [5.74, 6) is -1.50. The van der Waals surface area contributed by atoms with Crippen LogP contribution >= 0.6 is 0 Å². The van der Waals surface area contributed by atoms with Gasteiger partial charge < -0.3 is 15.7 Å². The van der Waals surface area contributed by atoms with Gasteiger partial charge in [0.25, 0.3) is 17.7 Å². The minimum Gasteiger partial charge on any atom is -0.369 e. The number of aliphatic hydroxyl groups is 1. The molecule has 8 heteroatoms. The van der Waals surface area contributed by atoms with E-state index in [-0.39, 0.29) is 16.7 Å². The van der Waals surface area contributed by atoms with Crippen LogP contribution in [-0.4, -0.2) is 22.8 Å². The van der Waals surface area contributed by atoms with Gasteiger partial charge in [-0.2, -0.15) is 0 Å². The molecule has 50 heavy (non-hydrogen) atoms. The van der Waals surface area contributed by atoms with E-state index in [0.717, 1.165) is 33.6 Å². The minimum atomic E-state index is -1.41. The zero-order valence-corrected chi connectivity index (χ0v) is 28.0. The second kappa shape index (κ2) is 11.7. The van der Waals surface area contributed by atoms with Crippen molar-refractivity contribution in [3.63, 3.8) is 0 Å². The third-order valence-corrected chi connectivity index (χ3v) is 9.37. The van der Waals surface area contributed by atoms with Gasteiger partial charge in [-0.1, -0.05) is 48.5 Å². The number of hydrogen-bond acceptors (Lipinski definition) is 6. The average Bonchev–Trinajstić information content (AvgIpc) is 3.07. The van der Waals surface area contributed by atoms with E-state index in [9.17, 15) is 19.5 Å². The lowest BCUT2D eigenvalue weighted by Gasteiger charge is -2.38. The molecule has 0 saturated carbocycles. The molecular weight excluding hydrogens is 624 g/mol. The first-order valence-corrected chi connectivity index (χ1v) is 16.5. The molecule has 6 aromatic carbocycles. The molecule has 6 aromatic rings. The Bertz CT molecular complexity index is 2430. The highest BCUT2D eigenvalue weighted by Crippen LogP contribution is 2.49. The molecule has 0 aromatic heterocycles. The quantitative estimate of drug-likeness (QED) is 0.154. The van der Waals surface area contributed by atoms with Crippen molar-refractivity contribution in [3.8, 4) is 0 Å². The molecule has 0 aliphatic carbocycles. The van der Waals surface area contributed by atoms with Crippen molar-refractivity contribution < 1.29 is 19.5 Å². The smallest absolute Gasteiger partial charge is 0.268 e. The summed E-state index contributed by atoms with van der Waals surface area (Å²) in [7, 11) is 0. The highest BCUT2D eigenvalue weighted by Gasteiger charge is 2.43. The maximum atomic E-state index is 14.8. The number of rotatable bonds is 6. The molecule has 8 nitrogen and oxygen atoms in total. The first-order chi connectivity index (χ1) is 24.1. The van der Waals surface area contributed by atoms with Crippen molar-refractivity contribution in [1.29, 1.82) is 0 Å². The molecule has 0 fully saturated rings. The minimum absolute atomic E-state index is 0.244. The lowest BCUT2D eigenvalue weighted by atomic mass is 9.83. The molecule has 2 aliphatic rings. The van der Waals surface area contributed by atoms with Crippen LogP contribution in [0.25, 0.3) is 10.8 Å². The van der Waals surface area contributed by atoms with Crippen LogP contribution in [0, 0.1) is 27.7 Å². The lowest BCUT2D eigenvalue weighted by Crippen LogP contribution is -2.43. The number of benzene rings is 6. The number of aryl methyl sites for hydroxylation is 4. The first kappa shape index (κ1) is 31.0. The van der Waals surface area contributed by atoms with Gasteiger partial charge in [0.05, 0.1) is 33.8 Å². The number of nitrogens with one attached hydrogen (secondary N) is 2. The Morgan fingerprint density at radius 3 is 1.62 bits per heavy atom.